The molecular weight excluding hydrogens is 200 g/mol. The Labute approximate surface area is 97.1 Å². The van der Waals surface area contributed by atoms with Gasteiger partial charge in [0.1, 0.15) is 5.82 Å². The first kappa shape index (κ1) is 11.5. The molecule has 0 aliphatic carbocycles. The number of fused-ring (bicyclic) bond motifs is 1. The zero-order chi connectivity index (χ0) is 11.5. The Balaban J connectivity index is 2.18. The highest BCUT2D eigenvalue weighted by atomic mass is 15.1. The Morgan fingerprint density at radius 2 is 2.12 bits per heavy atom. The lowest BCUT2D eigenvalue weighted by molar-refractivity contribution is 0.408. The van der Waals surface area contributed by atoms with E-state index in [1.165, 1.54) is 11.3 Å². The van der Waals surface area contributed by atoms with E-state index in [1.807, 2.05) is 0 Å². The number of hydrogen-bond donors (Lipinski definition) is 1. The molecule has 0 bridgehead atoms. The van der Waals surface area contributed by atoms with E-state index in [9.17, 15) is 0 Å². The van der Waals surface area contributed by atoms with E-state index in [4.69, 9.17) is 0 Å². The van der Waals surface area contributed by atoms with Crippen molar-refractivity contribution in [1.82, 2.24) is 20.2 Å². The van der Waals surface area contributed by atoms with Crippen molar-refractivity contribution < 1.29 is 0 Å². The van der Waals surface area contributed by atoms with E-state index in [0.717, 1.165) is 44.0 Å². The minimum Gasteiger partial charge on any atom is -0.312 e. The van der Waals surface area contributed by atoms with Gasteiger partial charge in [0.2, 0.25) is 0 Å². The van der Waals surface area contributed by atoms with Crippen LogP contribution in [0.2, 0.25) is 0 Å². The van der Waals surface area contributed by atoms with Crippen molar-refractivity contribution >= 4 is 0 Å². The first-order valence-electron chi connectivity index (χ1n) is 5.87. The number of nitrogens with zero attached hydrogens (tertiary/aromatic N) is 3. The van der Waals surface area contributed by atoms with Crippen LogP contribution in [0.25, 0.3) is 0 Å². The van der Waals surface area contributed by atoms with Gasteiger partial charge in [0.25, 0.3) is 0 Å². The highest BCUT2D eigenvalue weighted by molar-refractivity contribution is 5.27. The third-order valence-corrected chi connectivity index (χ3v) is 2.97. The van der Waals surface area contributed by atoms with Crippen molar-refractivity contribution in [3.05, 3.63) is 22.8 Å². The van der Waals surface area contributed by atoms with E-state index in [-0.39, 0.29) is 0 Å². The number of hydrogen-bond acceptors (Lipinski definition) is 4. The maximum absolute atomic E-state index is 4.67. The van der Waals surface area contributed by atoms with Crippen molar-refractivity contribution in [2.24, 2.45) is 0 Å². The van der Waals surface area contributed by atoms with Gasteiger partial charge in [-0.3, -0.25) is 0 Å². The van der Waals surface area contributed by atoms with Crippen LogP contribution in [0.1, 0.15) is 22.8 Å². The van der Waals surface area contributed by atoms with Gasteiger partial charge < -0.3 is 10.2 Å². The molecule has 1 aromatic rings. The molecule has 4 nitrogen and oxygen atoms in total. The van der Waals surface area contributed by atoms with Crippen LogP contribution < -0.4 is 5.32 Å². The van der Waals surface area contributed by atoms with E-state index in [2.05, 4.69) is 41.2 Å². The second kappa shape index (κ2) is 4.89. The van der Waals surface area contributed by atoms with E-state index in [0.29, 0.717) is 0 Å². The summed E-state index contributed by atoms with van der Waals surface area (Å²) >= 11 is 0. The highest BCUT2D eigenvalue weighted by Crippen LogP contribution is 2.14. The van der Waals surface area contributed by atoms with Crippen LogP contribution in [-0.4, -0.2) is 42.1 Å². The second-order valence-corrected chi connectivity index (χ2v) is 4.63. The van der Waals surface area contributed by atoms with E-state index >= 15 is 0 Å². The first-order valence-corrected chi connectivity index (χ1v) is 5.87. The molecule has 16 heavy (non-hydrogen) atoms. The van der Waals surface area contributed by atoms with Crippen LogP contribution in [0.15, 0.2) is 0 Å². The standard InChI is InChI=1S/C12H20N4/c1-9-10-8-13-6-4-11(10)15-12(14-9)5-7-16(2)3/h13H,4-8H2,1-3H3. The lowest BCUT2D eigenvalue weighted by atomic mass is 10.1. The average molecular weight is 220 g/mol. The Kier molecular flexibility index (Phi) is 3.51. The van der Waals surface area contributed by atoms with Gasteiger partial charge in [-0.15, -0.1) is 0 Å². The molecule has 88 valence electrons. The highest BCUT2D eigenvalue weighted by Gasteiger charge is 2.14. The molecule has 1 aliphatic heterocycles. The molecule has 0 atom stereocenters. The summed E-state index contributed by atoms with van der Waals surface area (Å²) in [7, 11) is 4.16. The largest absolute Gasteiger partial charge is 0.312 e. The predicted octanol–water partition coefficient (Wildman–Crippen LogP) is 0.535. The lowest BCUT2D eigenvalue weighted by Crippen LogP contribution is -2.27. The molecule has 2 rings (SSSR count). The molecule has 0 aromatic carbocycles. The van der Waals surface area contributed by atoms with Crippen LogP contribution in [0.4, 0.5) is 0 Å². The van der Waals surface area contributed by atoms with Gasteiger partial charge in [-0.2, -0.15) is 0 Å². The van der Waals surface area contributed by atoms with Crippen molar-refractivity contribution in [3.8, 4) is 0 Å². The second-order valence-electron chi connectivity index (χ2n) is 4.63. The Morgan fingerprint density at radius 1 is 1.31 bits per heavy atom. The van der Waals surface area contributed by atoms with Gasteiger partial charge in [-0.05, 0) is 21.0 Å². The van der Waals surface area contributed by atoms with Gasteiger partial charge in [-0.1, -0.05) is 0 Å². The summed E-state index contributed by atoms with van der Waals surface area (Å²) in [5.74, 6) is 0.992. The van der Waals surface area contributed by atoms with Crippen molar-refractivity contribution in [3.63, 3.8) is 0 Å². The lowest BCUT2D eigenvalue weighted by Gasteiger charge is -2.19. The molecule has 1 aromatic heterocycles. The first-order chi connectivity index (χ1) is 7.66. The van der Waals surface area contributed by atoms with Crippen molar-refractivity contribution in [2.75, 3.05) is 27.2 Å². The monoisotopic (exact) mass is 220 g/mol. The summed E-state index contributed by atoms with van der Waals surface area (Å²) in [5.41, 5.74) is 3.70. The molecule has 1 aliphatic rings. The minimum absolute atomic E-state index is 0.926. The molecule has 0 fully saturated rings. The van der Waals surface area contributed by atoms with Crippen LogP contribution >= 0.6 is 0 Å². The van der Waals surface area contributed by atoms with Crippen LogP contribution in [0.3, 0.4) is 0 Å². The van der Waals surface area contributed by atoms with Gasteiger partial charge in [0.05, 0.1) is 5.69 Å². The van der Waals surface area contributed by atoms with Gasteiger partial charge in [-0.25, -0.2) is 9.97 Å². The van der Waals surface area contributed by atoms with E-state index < -0.39 is 0 Å². The average Bonchev–Trinajstić information content (AvgIpc) is 2.26. The summed E-state index contributed by atoms with van der Waals surface area (Å²) in [5, 5.41) is 3.36. The van der Waals surface area contributed by atoms with Gasteiger partial charge in [0.15, 0.2) is 0 Å². The summed E-state index contributed by atoms with van der Waals surface area (Å²) in [6, 6.07) is 0. The summed E-state index contributed by atoms with van der Waals surface area (Å²) in [6.45, 7) is 5.06. The molecule has 0 amide bonds. The quantitative estimate of drug-likeness (QED) is 0.807. The van der Waals surface area contributed by atoms with Crippen molar-refractivity contribution in [1.29, 1.82) is 0 Å². The SMILES string of the molecule is Cc1nc(CCN(C)C)nc2c1CNCC2. The molecule has 0 radical (unpaired) electrons. The number of aryl methyl sites for hydroxylation is 1. The Bertz CT molecular complexity index is 374. The zero-order valence-corrected chi connectivity index (χ0v) is 10.4. The molecule has 1 N–H and O–H groups in total. The maximum atomic E-state index is 4.67. The fourth-order valence-electron chi connectivity index (χ4n) is 2.01. The molecule has 0 unspecified atom stereocenters. The molecule has 4 heteroatoms. The molecule has 0 spiro atoms. The Morgan fingerprint density at radius 3 is 2.88 bits per heavy atom. The van der Waals surface area contributed by atoms with Crippen molar-refractivity contribution in [2.45, 2.75) is 26.3 Å². The smallest absolute Gasteiger partial charge is 0.130 e. The number of aromatic nitrogens is 2. The summed E-state index contributed by atoms with van der Waals surface area (Å²) < 4.78 is 0. The zero-order valence-electron chi connectivity index (χ0n) is 10.4. The van der Waals surface area contributed by atoms with Gasteiger partial charge in [0, 0.05) is 43.7 Å². The fourth-order valence-corrected chi connectivity index (χ4v) is 2.01. The molecular formula is C12H20N4. The van der Waals surface area contributed by atoms with E-state index in [1.54, 1.807) is 0 Å². The summed E-state index contributed by atoms with van der Waals surface area (Å²) in [6.07, 6.45) is 1.97. The minimum atomic E-state index is 0.926. The molecule has 0 saturated carbocycles. The topological polar surface area (TPSA) is 41.1 Å². The normalized spacial score (nSPS) is 15.2. The number of likely N-dealkylation sites (N-methyl/N-ethyl adjacent to an activating group) is 1. The number of nitrogens with one attached hydrogen (secondary N) is 1. The molecule has 0 saturated heterocycles. The fraction of sp³-hybridized carbons (Fsp3) is 0.667. The number of rotatable bonds is 3. The van der Waals surface area contributed by atoms with Crippen LogP contribution in [-0.2, 0) is 19.4 Å². The predicted molar refractivity (Wildman–Crippen MR) is 64.4 cm³/mol. The van der Waals surface area contributed by atoms with Gasteiger partial charge >= 0.3 is 0 Å². The maximum Gasteiger partial charge on any atom is 0.130 e. The van der Waals surface area contributed by atoms with Crippen LogP contribution in [0, 0.1) is 6.92 Å². The third-order valence-electron chi connectivity index (χ3n) is 2.97. The van der Waals surface area contributed by atoms with Crippen LogP contribution in [0.5, 0.6) is 0 Å². The molecule has 2 heterocycles. The Hall–Kier alpha value is -1.00. The summed E-state index contributed by atoms with van der Waals surface area (Å²) in [4.78, 5) is 11.4. The third kappa shape index (κ3) is 2.57.